The summed E-state index contributed by atoms with van der Waals surface area (Å²) >= 11 is 0. The van der Waals surface area contributed by atoms with E-state index in [9.17, 15) is 10.2 Å². The van der Waals surface area contributed by atoms with E-state index in [1.54, 1.807) is 20.2 Å². The zero-order chi connectivity index (χ0) is 42.0. The van der Waals surface area contributed by atoms with Crippen LogP contribution in [0.4, 0.5) is 0 Å². The van der Waals surface area contributed by atoms with Crippen molar-refractivity contribution in [2.45, 2.75) is 99.6 Å². The van der Waals surface area contributed by atoms with Crippen molar-refractivity contribution in [1.29, 1.82) is 0 Å². The molecule has 0 amide bonds. The Labute approximate surface area is 379 Å². The first-order chi connectivity index (χ1) is 27.0. The van der Waals surface area contributed by atoms with Gasteiger partial charge in [0.1, 0.15) is 6.33 Å². The zero-order valence-corrected chi connectivity index (χ0v) is 40.4. The van der Waals surface area contributed by atoms with Gasteiger partial charge in [0.2, 0.25) is 0 Å². The molecule has 0 spiro atoms. The van der Waals surface area contributed by atoms with Crippen molar-refractivity contribution in [2.75, 3.05) is 0 Å². The quantitative estimate of drug-likeness (QED) is 0.111. The summed E-state index contributed by atoms with van der Waals surface area (Å²) in [5.74, 6) is 0. The summed E-state index contributed by atoms with van der Waals surface area (Å²) in [6.07, 6.45) is 2.69. The van der Waals surface area contributed by atoms with Crippen molar-refractivity contribution in [2.24, 2.45) is 10.8 Å². The third kappa shape index (κ3) is 19.4. The van der Waals surface area contributed by atoms with Gasteiger partial charge in [-0.3, -0.25) is 9.97 Å². The van der Waals surface area contributed by atoms with E-state index >= 15 is 0 Å². The fourth-order valence-electron chi connectivity index (χ4n) is 5.24. The zero-order valence-electron chi connectivity index (χ0n) is 35.6. The molecule has 0 saturated heterocycles. The van der Waals surface area contributed by atoms with Crippen LogP contribution in [0.25, 0.3) is 45.0 Å². The predicted molar refractivity (Wildman–Crippen MR) is 232 cm³/mol. The van der Waals surface area contributed by atoms with Gasteiger partial charge in [0.15, 0.2) is 0 Å². The monoisotopic (exact) mass is 1150 g/mol. The number of rotatable bonds is 8. The van der Waals surface area contributed by atoms with Crippen molar-refractivity contribution >= 4 is 0 Å². The van der Waals surface area contributed by atoms with Gasteiger partial charge in [-0.1, -0.05) is 108 Å². The number of aliphatic hydroxyl groups excluding tert-OH is 4. The van der Waals surface area contributed by atoms with Gasteiger partial charge in [-0.15, -0.1) is 71.8 Å². The summed E-state index contributed by atoms with van der Waals surface area (Å²) in [7, 11) is 0. The number of aliphatic hydroxyl groups is 4. The molecule has 2 radical (unpaired) electrons. The molecule has 4 atom stereocenters. The average molecular weight is 1150 g/mol. The average Bonchev–Trinajstić information content (AvgIpc) is 3.18. The fraction of sp³-hybridized carbons (Fsp3) is 0.347. The molecule has 4 N–H and O–H groups in total. The normalized spacial score (nSPS) is 12.8. The molecule has 10 heteroatoms. The number of hydrogen-bond acceptors (Lipinski definition) is 8. The van der Waals surface area contributed by atoms with Gasteiger partial charge >= 0.3 is 0 Å². The Bertz CT molecular complexity index is 1980. The van der Waals surface area contributed by atoms with Crippen LogP contribution in [0.1, 0.15) is 73.9 Å². The molecule has 320 valence electrons. The van der Waals surface area contributed by atoms with Crippen LogP contribution < -0.4 is 0 Å². The van der Waals surface area contributed by atoms with Crippen molar-refractivity contribution in [3.8, 4) is 45.0 Å². The van der Waals surface area contributed by atoms with E-state index < -0.39 is 12.2 Å². The van der Waals surface area contributed by atoms with Crippen LogP contribution in [0.15, 0.2) is 128 Å². The van der Waals surface area contributed by atoms with Gasteiger partial charge < -0.3 is 25.4 Å². The summed E-state index contributed by atoms with van der Waals surface area (Å²) in [6, 6.07) is 44.3. The predicted octanol–water partition coefficient (Wildman–Crippen LogP) is 9.85. The maximum absolute atomic E-state index is 9.76. The number of aromatic nitrogens is 4. The largest absolute Gasteiger partial charge is 0.393 e. The molecule has 6 aromatic rings. The Hall–Kier alpha value is -3.82. The summed E-state index contributed by atoms with van der Waals surface area (Å²) < 4.78 is 0. The van der Waals surface area contributed by atoms with Crippen LogP contribution in [-0.4, -0.2) is 64.8 Å². The van der Waals surface area contributed by atoms with E-state index in [-0.39, 0.29) is 63.2 Å². The van der Waals surface area contributed by atoms with Crippen molar-refractivity contribution in [3.63, 3.8) is 0 Å². The molecule has 0 fully saturated rings. The third-order valence-electron chi connectivity index (χ3n) is 8.77. The molecular weight excluding hydrogens is 1090 g/mol. The Balaban J connectivity index is 0.000000428. The van der Waals surface area contributed by atoms with Gasteiger partial charge in [-0.2, -0.15) is 0 Å². The molecule has 0 aliphatic heterocycles. The second-order valence-electron chi connectivity index (χ2n) is 16.2. The molecule has 8 nitrogen and oxygen atoms in total. The number of benzene rings is 4. The summed E-state index contributed by atoms with van der Waals surface area (Å²) in [4.78, 5) is 17.8. The molecule has 2 heterocycles. The first-order valence-electron chi connectivity index (χ1n) is 19.4. The van der Waals surface area contributed by atoms with Crippen LogP contribution in [0.2, 0.25) is 0 Å². The van der Waals surface area contributed by atoms with E-state index in [0.29, 0.717) is 12.8 Å². The summed E-state index contributed by atoms with van der Waals surface area (Å²) in [5.41, 5.74) is 8.26. The van der Waals surface area contributed by atoms with E-state index in [1.807, 2.05) is 158 Å². The maximum Gasteiger partial charge on any atom is 0.105 e. The molecule has 0 aliphatic carbocycles. The minimum Gasteiger partial charge on any atom is -0.393 e. The molecule has 4 aromatic carbocycles. The number of nitrogens with zero attached hydrogens (tertiary/aromatic N) is 4. The van der Waals surface area contributed by atoms with Crippen LogP contribution in [0.3, 0.4) is 0 Å². The van der Waals surface area contributed by atoms with E-state index in [0.717, 1.165) is 50.7 Å². The van der Waals surface area contributed by atoms with E-state index in [4.69, 9.17) is 20.2 Å². The number of aryl methyl sites for hydroxylation is 1. The second kappa shape index (κ2) is 26.4. The topological polar surface area (TPSA) is 132 Å². The van der Waals surface area contributed by atoms with Crippen molar-refractivity contribution < 1.29 is 60.6 Å². The van der Waals surface area contributed by atoms with Gasteiger partial charge in [0, 0.05) is 69.8 Å². The van der Waals surface area contributed by atoms with Crippen LogP contribution in [-0.2, 0) is 40.2 Å². The third-order valence-corrected chi connectivity index (χ3v) is 8.77. The summed E-state index contributed by atoms with van der Waals surface area (Å²) in [5, 5.41) is 36.6. The van der Waals surface area contributed by atoms with Crippen LogP contribution in [0, 0.1) is 29.9 Å². The molecular formula is C49H60Ir2N4O4-2. The minimum absolute atomic E-state index is 0. The first kappa shape index (κ1) is 53.2. The van der Waals surface area contributed by atoms with Crippen LogP contribution in [0.5, 0.6) is 0 Å². The molecule has 4 unspecified atom stereocenters. The standard InChI is InChI=1S/C22H15N2.C11H9N2.C11H24O2.C5H12O2.2Ir/c1-4-10-17(11-5-1)20-16-23-21(18-12-6-2-7-13-18)22(24-20)19-14-8-3-9-15-19;1-9-7-11(13-8-12-9)10-5-3-2-4-6-10;1-10(2,3)8(12)7-9(13)11(4,5)6;1-4(6)3-5(2)7;;/h1-12,14-16H;2-5,7-8H,1H3;8-9,12-13H,7H2,1-6H3;4-7H,3H2,1-2H3;;/q2*-1;;;;. The molecule has 0 aliphatic rings. The fourth-order valence-corrected chi connectivity index (χ4v) is 5.24. The Morgan fingerprint density at radius 1 is 0.542 bits per heavy atom. The van der Waals surface area contributed by atoms with Crippen molar-refractivity contribution in [3.05, 3.63) is 146 Å². The van der Waals surface area contributed by atoms with E-state index in [1.165, 1.54) is 0 Å². The van der Waals surface area contributed by atoms with Crippen molar-refractivity contribution in [1.82, 2.24) is 19.9 Å². The molecule has 2 aromatic heterocycles. The van der Waals surface area contributed by atoms with Gasteiger partial charge in [0.05, 0.1) is 35.8 Å². The Morgan fingerprint density at radius 2 is 1.02 bits per heavy atom. The summed E-state index contributed by atoms with van der Waals surface area (Å²) in [6.45, 7) is 17.1. The SMILES string of the molecule is CC(C)(C)C(O)CC(O)C(C)(C)C.CC(O)CC(C)O.Cc1cc(-c2[c-]cccc2)ncn1.[Ir].[Ir].[c-]1ccccc1-c1ncc(-c2ccccc2)nc1-c1ccccc1. The Morgan fingerprint density at radius 3 is 1.44 bits per heavy atom. The van der Waals surface area contributed by atoms with Crippen LogP contribution >= 0.6 is 0 Å². The molecule has 0 saturated carbocycles. The van der Waals surface area contributed by atoms with E-state index in [2.05, 4.69) is 34.2 Å². The minimum atomic E-state index is -0.443. The smallest absolute Gasteiger partial charge is 0.105 e. The van der Waals surface area contributed by atoms with Gasteiger partial charge in [0.25, 0.3) is 0 Å². The Kier molecular flexibility index (Phi) is 23.8. The van der Waals surface area contributed by atoms with Gasteiger partial charge in [-0.25, -0.2) is 4.98 Å². The molecule has 59 heavy (non-hydrogen) atoms. The first-order valence-corrected chi connectivity index (χ1v) is 19.4. The maximum atomic E-state index is 9.76. The molecule has 0 bridgehead atoms. The number of hydrogen-bond donors (Lipinski definition) is 4. The van der Waals surface area contributed by atoms with Gasteiger partial charge in [-0.05, 0) is 49.3 Å². The second-order valence-corrected chi connectivity index (χ2v) is 16.2. The molecule has 6 rings (SSSR count).